The molecule has 0 radical (unpaired) electrons. The topological polar surface area (TPSA) is 81.9 Å². The molecule has 0 saturated carbocycles. The van der Waals surface area contributed by atoms with Gasteiger partial charge in [0.05, 0.1) is 5.25 Å². The molecule has 1 N–H and O–H groups in total. The number of halogens is 1. The molecule has 2 aromatic heterocycles. The molecule has 0 aliphatic heterocycles. The van der Waals surface area contributed by atoms with Crippen LogP contribution in [0.2, 0.25) is 0 Å². The molecule has 2 unspecified atom stereocenters. The molecule has 30 heavy (non-hydrogen) atoms. The second kappa shape index (κ2) is 10.0. The maximum atomic E-state index is 13.1. The second-order valence-corrected chi connectivity index (χ2v) is 8.92. The lowest BCUT2D eigenvalue weighted by molar-refractivity contribution is -0.115. The molecule has 160 valence electrons. The first-order valence-corrected chi connectivity index (χ1v) is 11.4. The first kappa shape index (κ1) is 22.2. The normalized spacial score (nSPS) is 13.3. The van der Waals surface area contributed by atoms with Gasteiger partial charge in [0.15, 0.2) is 22.2 Å². The Morgan fingerprint density at radius 3 is 2.60 bits per heavy atom. The van der Waals surface area contributed by atoms with Crippen molar-refractivity contribution >= 4 is 34.1 Å². The van der Waals surface area contributed by atoms with Crippen molar-refractivity contribution in [2.75, 3.05) is 5.32 Å². The Bertz CT molecular complexity index is 960. The Hall–Kier alpha value is -2.46. The van der Waals surface area contributed by atoms with Crippen LogP contribution in [0.4, 0.5) is 9.52 Å². The Labute approximate surface area is 183 Å². The summed E-state index contributed by atoms with van der Waals surface area (Å²) in [6.45, 7) is 7.87. The fourth-order valence-corrected chi connectivity index (χ4v) is 4.45. The Kier molecular flexibility index (Phi) is 7.43. The molecule has 0 bridgehead atoms. The van der Waals surface area contributed by atoms with Crippen LogP contribution in [0.1, 0.15) is 52.1 Å². The molecule has 0 aliphatic rings. The number of nitrogens with zero attached hydrogens (tertiary/aromatic N) is 4. The van der Waals surface area contributed by atoms with Gasteiger partial charge in [0.1, 0.15) is 11.6 Å². The molecule has 7 nitrogen and oxygen atoms in total. The van der Waals surface area contributed by atoms with E-state index < -0.39 is 6.10 Å². The quantitative estimate of drug-likeness (QED) is 0.458. The van der Waals surface area contributed by atoms with E-state index in [0.29, 0.717) is 28.3 Å². The molecule has 1 aromatic carbocycles. The summed E-state index contributed by atoms with van der Waals surface area (Å²) in [7, 11) is 0. The summed E-state index contributed by atoms with van der Waals surface area (Å²) < 4.78 is 21.0. The second-order valence-electron chi connectivity index (χ2n) is 6.86. The molecule has 2 heterocycles. The molecule has 0 saturated heterocycles. The van der Waals surface area contributed by atoms with Gasteiger partial charge in [-0.25, -0.2) is 9.37 Å². The number of hydrogen-bond acceptors (Lipinski definition) is 7. The maximum Gasteiger partial charge on any atom is 0.239 e. The zero-order valence-corrected chi connectivity index (χ0v) is 18.8. The van der Waals surface area contributed by atoms with Crippen molar-refractivity contribution in [3.63, 3.8) is 0 Å². The highest BCUT2D eigenvalue weighted by atomic mass is 32.2. The number of anilines is 1. The van der Waals surface area contributed by atoms with Gasteiger partial charge in [-0.2, -0.15) is 0 Å². The van der Waals surface area contributed by atoms with Crippen LogP contribution in [-0.2, 0) is 4.79 Å². The van der Waals surface area contributed by atoms with Crippen molar-refractivity contribution in [3.05, 3.63) is 47.5 Å². The fourth-order valence-electron chi connectivity index (χ4n) is 2.82. The molecule has 3 aromatic rings. The summed E-state index contributed by atoms with van der Waals surface area (Å²) >= 11 is 2.75. The van der Waals surface area contributed by atoms with Gasteiger partial charge >= 0.3 is 0 Å². The van der Waals surface area contributed by atoms with Crippen LogP contribution in [0.5, 0.6) is 5.75 Å². The van der Waals surface area contributed by atoms with Gasteiger partial charge in [-0.15, -0.1) is 21.5 Å². The first-order valence-electron chi connectivity index (χ1n) is 9.63. The van der Waals surface area contributed by atoms with Gasteiger partial charge in [0, 0.05) is 17.6 Å². The third kappa shape index (κ3) is 5.37. The minimum Gasteiger partial charge on any atom is -0.483 e. The minimum atomic E-state index is -0.399. The molecule has 2 atom stereocenters. The average molecular weight is 450 g/mol. The van der Waals surface area contributed by atoms with Crippen LogP contribution in [-0.4, -0.2) is 30.9 Å². The summed E-state index contributed by atoms with van der Waals surface area (Å²) in [5.74, 6) is 0.756. The third-order valence-corrected chi connectivity index (χ3v) is 6.28. The number of rotatable bonds is 9. The van der Waals surface area contributed by atoms with Gasteiger partial charge < -0.3 is 14.6 Å². The van der Waals surface area contributed by atoms with E-state index >= 15 is 0 Å². The summed E-state index contributed by atoms with van der Waals surface area (Å²) in [5, 5.41) is 14.2. The van der Waals surface area contributed by atoms with Crippen LogP contribution in [0, 0.1) is 5.82 Å². The molecular weight excluding hydrogens is 425 g/mol. The number of benzene rings is 1. The van der Waals surface area contributed by atoms with Gasteiger partial charge in [-0.05, 0) is 51.5 Å². The number of carbonyl (C=O) groups is 1. The zero-order chi connectivity index (χ0) is 21.7. The lowest BCUT2D eigenvalue weighted by atomic mass is 10.3. The molecular formula is C20H24FN5O2S2. The van der Waals surface area contributed by atoms with E-state index in [4.69, 9.17) is 4.74 Å². The summed E-state index contributed by atoms with van der Waals surface area (Å²) in [6, 6.07) is 5.92. The Morgan fingerprint density at radius 1 is 1.27 bits per heavy atom. The number of ether oxygens (including phenoxy) is 1. The van der Waals surface area contributed by atoms with Crippen molar-refractivity contribution in [1.82, 2.24) is 19.7 Å². The SMILES string of the molecule is CCC(Sc1nnc(C(C)Oc2ccc(F)cc2)n1C(C)C)C(=O)Nc1nccs1. The van der Waals surface area contributed by atoms with E-state index in [9.17, 15) is 9.18 Å². The van der Waals surface area contributed by atoms with Crippen LogP contribution >= 0.6 is 23.1 Å². The molecule has 10 heteroatoms. The highest BCUT2D eigenvalue weighted by Gasteiger charge is 2.26. The van der Waals surface area contributed by atoms with Crippen molar-refractivity contribution < 1.29 is 13.9 Å². The van der Waals surface area contributed by atoms with Crippen molar-refractivity contribution in [2.24, 2.45) is 0 Å². The number of nitrogens with one attached hydrogen (secondary N) is 1. The van der Waals surface area contributed by atoms with E-state index in [0.717, 1.165) is 0 Å². The number of amides is 1. The smallest absolute Gasteiger partial charge is 0.239 e. The zero-order valence-electron chi connectivity index (χ0n) is 17.2. The maximum absolute atomic E-state index is 13.1. The van der Waals surface area contributed by atoms with Crippen molar-refractivity contribution in [1.29, 1.82) is 0 Å². The van der Waals surface area contributed by atoms with Gasteiger partial charge in [0.2, 0.25) is 5.91 Å². The Morgan fingerprint density at radius 2 is 2.00 bits per heavy atom. The lowest BCUT2D eigenvalue weighted by Gasteiger charge is -2.20. The molecule has 0 aliphatic carbocycles. The molecule has 3 rings (SSSR count). The van der Waals surface area contributed by atoms with E-state index in [1.54, 1.807) is 18.3 Å². The minimum absolute atomic E-state index is 0.0660. The van der Waals surface area contributed by atoms with E-state index in [2.05, 4.69) is 20.5 Å². The van der Waals surface area contributed by atoms with Crippen LogP contribution < -0.4 is 10.1 Å². The molecule has 0 spiro atoms. The predicted octanol–water partition coefficient (Wildman–Crippen LogP) is 5.10. The summed E-state index contributed by atoms with van der Waals surface area (Å²) in [6.07, 6.45) is 1.88. The summed E-state index contributed by atoms with van der Waals surface area (Å²) in [5.41, 5.74) is 0. The third-order valence-electron chi connectivity index (χ3n) is 4.27. The largest absolute Gasteiger partial charge is 0.483 e. The summed E-state index contributed by atoms with van der Waals surface area (Å²) in [4.78, 5) is 16.8. The van der Waals surface area contributed by atoms with Crippen LogP contribution in [0.25, 0.3) is 0 Å². The van der Waals surface area contributed by atoms with E-state index in [1.165, 1.54) is 35.2 Å². The molecule has 0 fully saturated rings. The van der Waals surface area contributed by atoms with E-state index in [1.807, 2.05) is 37.6 Å². The van der Waals surface area contributed by atoms with Gasteiger partial charge in [-0.3, -0.25) is 4.79 Å². The average Bonchev–Trinajstić information content (AvgIpc) is 3.37. The number of hydrogen-bond donors (Lipinski definition) is 1. The number of aromatic nitrogens is 4. The monoisotopic (exact) mass is 449 g/mol. The van der Waals surface area contributed by atoms with Crippen molar-refractivity contribution in [3.8, 4) is 5.75 Å². The highest BCUT2D eigenvalue weighted by Crippen LogP contribution is 2.31. The number of thioether (sulfide) groups is 1. The molecule has 1 amide bonds. The van der Waals surface area contributed by atoms with Crippen LogP contribution in [0.3, 0.4) is 0 Å². The van der Waals surface area contributed by atoms with Gasteiger partial charge in [0.25, 0.3) is 0 Å². The van der Waals surface area contributed by atoms with Crippen LogP contribution in [0.15, 0.2) is 41.0 Å². The first-order chi connectivity index (χ1) is 14.4. The number of thiazole rings is 1. The highest BCUT2D eigenvalue weighted by molar-refractivity contribution is 8.00. The van der Waals surface area contributed by atoms with Gasteiger partial charge in [-0.1, -0.05) is 18.7 Å². The fraction of sp³-hybridized carbons (Fsp3) is 0.400. The number of carbonyl (C=O) groups excluding carboxylic acids is 1. The standard InChI is InChI=1S/C20H24FN5O2S2/c1-5-16(18(27)23-19-22-10-11-29-19)30-20-25-24-17(26(20)12(2)3)13(4)28-15-8-6-14(21)7-9-15/h6-13,16H,5H2,1-4H3,(H,22,23,27). The van der Waals surface area contributed by atoms with Crippen molar-refractivity contribution in [2.45, 2.75) is 56.7 Å². The predicted molar refractivity (Wildman–Crippen MR) is 117 cm³/mol. The Balaban J connectivity index is 1.77. The lowest BCUT2D eigenvalue weighted by Crippen LogP contribution is -2.25. The van der Waals surface area contributed by atoms with E-state index in [-0.39, 0.29) is 23.0 Å².